The maximum Gasteiger partial charge on any atom is 0.204 e. The molecule has 2 aromatic rings. The number of nitrogens with zero attached hydrogens (tertiary/aromatic N) is 3. The summed E-state index contributed by atoms with van der Waals surface area (Å²) in [7, 11) is 0. The van der Waals surface area contributed by atoms with Crippen molar-refractivity contribution in [2.75, 3.05) is 11.4 Å². The number of aryl methyl sites for hydroxylation is 3. The van der Waals surface area contributed by atoms with Gasteiger partial charge >= 0.3 is 0 Å². The van der Waals surface area contributed by atoms with Crippen molar-refractivity contribution in [3.05, 3.63) is 52.3 Å². The Morgan fingerprint density at radius 3 is 2.58 bits per heavy atom. The molecule has 1 unspecified atom stereocenters. The normalized spacial score (nSPS) is 21.5. The fourth-order valence-electron chi connectivity index (χ4n) is 3.65. The monoisotopic (exact) mass is 351 g/mol. The molecule has 0 radical (unpaired) electrons. The molecule has 0 spiro atoms. The topological polar surface area (TPSA) is 86.0 Å². The zero-order valence-corrected chi connectivity index (χ0v) is 15.1. The number of anilines is 1. The number of aromatic nitrogens is 1. The van der Waals surface area contributed by atoms with Crippen LogP contribution in [0.2, 0.25) is 0 Å². The van der Waals surface area contributed by atoms with E-state index in [1.807, 2.05) is 43.9 Å². The number of aliphatic hydroxyl groups is 2. The smallest absolute Gasteiger partial charge is 0.204 e. The number of rotatable bonds is 2. The minimum Gasteiger partial charge on any atom is -0.390 e. The number of aliphatic imine (C=N–C) groups is 1. The van der Waals surface area contributed by atoms with Crippen molar-refractivity contribution < 1.29 is 15.0 Å². The highest BCUT2D eigenvalue weighted by Crippen LogP contribution is 2.40. The van der Waals surface area contributed by atoms with Gasteiger partial charge in [0, 0.05) is 18.5 Å². The molecule has 2 aliphatic heterocycles. The van der Waals surface area contributed by atoms with Gasteiger partial charge in [-0.3, -0.25) is 9.78 Å². The predicted molar refractivity (Wildman–Crippen MR) is 99.2 cm³/mol. The Hall–Kier alpha value is -2.57. The summed E-state index contributed by atoms with van der Waals surface area (Å²) >= 11 is 0. The van der Waals surface area contributed by atoms with Gasteiger partial charge in [-0.25, -0.2) is 4.99 Å². The first-order valence-electron chi connectivity index (χ1n) is 8.66. The quantitative estimate of drug-likeness (QED) is 0.867. The third kappa shape index (κ3) is 2.29. The lowest BCUT2D eigenvalue weighted by molar-refractivity contribution is 0.0602. The van der Waals surface area contributed by atoms with Crippen LogP contribution >= 0.6 is 0 Å². The van der Waals surface area contributed by atoms with Crippen LogP contribution in [0.1, 0.15) is 39.2 Å². The highest BCUT2D eigenvalue weighted by molar-refractivity contribution is 6.28. The Morgan fingerprint density at radius 2 is 1.88 bits per heavy atom. The predicted octanol–water partition coefficient (Wildman–Crippen LogP) is 2.37. The molecular weight excluding hydrogens is 330 g/mol. The number of carbonyl (C=O) groups excluding carboxylic acids is 1. The van der Waals surface area contributed by atoms with Gasteiger partial charge in [0.2, 0.25) is 5.78 Å². The molecule has 6 heteroatoms. The van der Waals surface area contributed by atoms with Crippen LogP contribution in [0, 0.1) is 20.8 Å². The number of Topliss-reactive ketones (excluding diaryl/α,β-unsaturated/α-hetero) is 1. The molecule has 3 heterocycles. The number of benzene rings is 1. The molecule has 0 bridgehead atoms. The number of pyridine rings is 1. The Balaban J connectivity index is 1.84. The first-order valence-corrected chi connectivity index (χ1v) is 8.66. The second kappa shape index (κ2) is 5.72. The number of hydrogen-bond acceptors (Lipinski definition) is 6. The zero-order chi connectivity index (χ0) is 18.6. The van der Waals surface area contributed by atoms with E-state index in [0.717, 1.165) is 22.4 Å². The molecule has 1 fully saturated rings. The second-order valence-corrected chi connectivity index (χ2v) is 7.10. The van der Waals surface area contributed by atoms with E-state index in [1.165, 1.54) is 0 Å². The molecular formula is C20H21N3O3. The van der Waals surface area contributed by atoms with Crippen LogP contribution in [0.4, 0.5) is 11.4 Å². The molecule has 4 rings (SSSR count). The molecule has 6 nitrogen and oxygen atoms in total. The largest absolute Gasteiger partial charge is 0.390 e. The van der Waals surface area contributed by atoms with Gasteiger partial charge in [0.15, 0.2) is 5.60 Å². The Morgan fingerprint density at radius 1 is 1.15 bits per heavy atom. The molecule has 0 amide bonds. The molecule has 1 aromatic heterocycles. The van der Waals surface area contributed by atoms with Crippen LogP contribution in [0.15, 0.2) is 29.4 Å². The Bertz CT molecular complexity index is 967. The van der Waals surface area contributed by atoms with Crippen LogP contribution in [0.3, 0.4) is 0 Å². The van der Waals surface area contributed by atoms with E-state index >= 15 is 0 Å². The Kier molecular flexibility index (Phi) is 3.71. The molecule has 26 heavy (non-hydrogen) atoms. The van der Waals surface area contributed by atoms with Gasteiger partial charge in [0.1, 0.15) is 5.84 Å². The van der Waals surface area contributed by atoms with Gasteiger partial charge in [-0.2, -0.15) is 0 Å². The molecule has 134 valence electrons. The van der Waals surface area contributed by atoms with E-state index in [2.05, 4.69) is 9.98 Å². The van der Waals surface area contributed by atoms with Crippen LogP contribution in [0.5, 0.6) is 0 Å². The molecule has 0 saturated carbocycles. The van der Waals surface area contributed by atoms with E-state index in [1.54, 1.807) is 6.20 Å². The first-order chi connectivity index (χ1) is 12.3. The summed E-state index contributed by atoms with van der Waals surface area (Å²) in [6.45, 7) is 6.16. The third-order valence-electron chi connectivity index (χ3n) is 5.42. The van der Waals surface area contributed by atoms with Crippen LogP contribution in [-0.2, 0) is 6.61 Å². The lowest BCUT2D eigenvalue weighted by atomic mass is 9.86. The lowest BCUT2D eigenvalue weighted by Crippen LogP contribution is -2.48. The summed E-state index contributed by atoms with van der Waals surface area (Å²) in [4.78, 5) is 23.8. The summed E-state index contributed by atoms with van der Waals surface area (Å²) in [6.07, 6.45) is 1.94. The van der Waals surface area contributed by atoms with Gasteiger partial charge in [-0.15, -0.1) is 0 Å². The van der Waals surface area contributed by atoms with Crippen molar-refractivity contribution in [3.8, 4) is 0 Å². The fourth-order valence-corrected chi connectivity index (χ4v) is 3.65. The van der Waals surface area contributed by atoms with E-state index < -0.39 is 5.60 Å². The lowest BCUT2D eigenvalue weighted by Gasteiger charge is -2.30. The highest BCUT2D eigenvalue weighted by Gasteiger charge is 2.52. The van der Waals surface area contributed by atoms with E-state index in [-0.39, 0.29) is 18.8 Å². The average molecular weight is 351 g/mol. The summed E-state index contributed by atoms with van der Waals surface area (Å²) in [6, 6.07) is 5.60. The van der Waals surface area contributed by atoms with E-state index in [4.69, 9.17) is 0 Å². The van der Waals surface area contributed by atoms with Gasteiger partial charge in [-0.05, 0) is 55.7 Å². The molecule has 1 aromatic carbocycles. The third-order valence-corrected chi connectivity index (χ3v) is 5.42. The van der Waals surface area contributed by atoms with Crippen molar-refractivity contribution >= 4 is 23.0 Å². The average Bonchev–Trinajstić information content (AvgIpc) is 2.95. The first kappa shape index (κ1) is 16.9. The number of carbonyl (C=O) groups is 1. The summed E-state index contributed by atoms with van der Waals surface area (Å²) in [5.74, 6) is 0.0657. The van der Waals surface area contributed by atoms with Crippen LogP contribution in [0.25, 0.3) is 0 Å². The number of aliphatic hydroxyl groups excluding tert-OH is 1. The number of ketones is 1. The minimum absolute atomic E-state index is 0.124. The van der Waals surface area contributed by atoms with Crippen molar-refractivity contribution in [2.45, 2.75) is 39.4 Å². The minimum atomic E-state index is -1.60. The Labute approximate surface area is 151 Å². The summed E-state index contributed by atoms with van der Waals surface area (Å²) in [5, 5.41) is 20.4. The number of amidine groups is 1. The van der Waals surface area contributed by atoms with Gasteiger partial charge in [0.05, 0.1) is 29.9 Å². The number of hydrogen-bond donors (Lipinski definition) is 2. The maximum absolute atomic E-state index is 13.0. The fraction of sp³-hybridized carbons (Fsp3) is 0.350. The summed E-state index contributed by atoms with van der Waals surface area (Å²) < 4.78 is 0. The molecule has 2 N–H and O–H groups in total. The van der Waals surface area contributed by atoms with E-state index in [9.17, 15) is 15.0 Å². The zero-order valence-electron chi connectivity index (χ0n) is 15.1. The summed E-state index contributed by atoms with van der Waals surface area (Å²) in [5.41, 5.74) is 3.77. The SMILES string of the molecule is Cc1cc2c(cc1C)C(=O)C1(O)CCN(c3cnc(CO)c(C)c3)C1=N2. The second-order valence-electron chi connectivity index (χ2n) is 7.10. The molecule has 1 atom stereocenters. The van der Waals surface area contributed by atoms with E-state index in [0.29, 0.717) is 29.3 Å². The van der Waals surface area contributed by atoms with Crippen molar-refractivity contribution in [1.82, 2.24) is 4.98 Å². The van der Waals surface area contributed by atoms with Gasteiger partial charge in [-0.1, -0.05) is 0 Å². The van der Waals surface area contributed by atoms with Crippen molar-refractivity contribution in [3.63, 3.8) is 0 Å². The van der Waals surface area contributed by atoms with Crippen molar-refractivity contribution in [1.29, 1.82) is 0 Å². The molecule has 1 saturated heterocycles. The van der Waals surface area contributed by atoms with Gasteiger partial charge < -0.3 is 15.1 Å². The molecule has 2 aliphatic rings. The molecule has 0 aliphatic carbocycles. The van der Waals surface area contributed by atoms with Crippen LogP contribution in [-0.4, -0.2) is 39.0 Å². The van der Waals surface area contributed by atoms with Crippen LogP contribution < -0.4 is 4.90 Å². The van der Waals surface area contributed by atoms with Crippen molar-refractivity contribution in [2.24, 2.45) is 4.99 Å². The highest BCUT2D eigenvalue weighted by atomic mass is 16.3. The van der Waals surface area contributed by atoms with Gasteiger partial charge in [0.25, 0.3) is 0 Å². The standard InChI is InChI=1S/C20H21N3O3/c1-11-7-15-16(8-12(11)2)22-19-20(26,18(15)25)4-5-23(19)14-6-13(3)17(10-24)21-9-14/h6-9,24,26H,4-5,10H2,1-3H3. The number of fused-ring (bicyclic) bond motifs is 2. The maximum atomic E-state index is 13.0.